The van der Waals surface area contributed by atoms with Crippen LogP contribution in [0.4, 0.5) is 9.18 Å². The van der Waals surface area contributed by atoms with E-state index in [2.05, 4.69) is 0 Å². The minimum Gasteiger partial charge on any atom is -0.497 e. The number of benzene rings is 3. The number of piperidine rings is 1. The molecular weight excluding hydrogens is 489 g/mol. The molecule has 1 saturated heterocycles. The zero-order chi connectivity index (χ0) is 27.4. The molecule has 0 N–H and O–H groups in total. The highest BCUT2D eigenvalue weighted by Crippen LogP contribution is 2.43. The zero-order valence-corrected chi connectivity index (χ0v) is 21.8. The predicted octanol–water partition coefficient (Wildman–Crippen LogP) is 5.32. The molecule has 1 fully saturated rings. The quantitative estimate of drug-likeness (QED) is 0.393. The van der Waals surface area contributed by atoms with Crippen molar-refractivity contribution < 1.29 is 33.0 Å². The molecule has 0 unspecified atom stereocenters. The lowest BCUT2D eigenvalue weighted by Crippen LogP contribution is -2.52. The standard InChI is InChI=1S/C30H30FNO6/c1-18-23(12-7-13-26(18)31)27-24(28(33)19-8-5-10-21(14-19)36-2)16-32(30(35)38-4)17-25(27)29(34)20-9-6-11-22(15-20)37-3/h5-15,24-25,27H,16-17H2,1-4H3/t24-,25+,27+. The van der Waals surface area contributed by atoms with Crippen LogP contribution in [0, 0.1) is 24.6 Å². The van der Waals surface area contributed by atoms with E-state index in [1.807, 2.05) is 0 Å². The Morgan fingerprint density at radius 2 is 1.29 bits per heavy atom. The van der Waals surface area contributed by atoms with E-state index in [0.29, 0.717) is 33.8 Å². The molecule has 3 aromatic carbocycles. The largest absolute Gasteiger partial charge is 0.497 e. The molecule has 4 rings (SSSR count). The third-order valence-corrected chi connectivity index (χ3v) is 7.18. The Morgan fingerprint density at radius 3 is 1.76 bits per heavy atom. The summed E-state index contributed by atoms with van der Waals surface area (Å²) < 4.78 is 30.4. The number of ether oxygens (including phenoxy) is 3. The number of hydrogen-bond acceptors (Lipinski definition) is 6. The molecule has 1 aliphatic rings. The van der Waals surface area contributed by atoms with Crippen LogP contribution < -0.4 is 9.47 Å². The van der Waals surface area contributed by atoms with E-state index in [4.69, 9.17) is 14.2 Å². The first-order chi connectivity index (χ1) is 18.3. The summed E-state index contributed by atoms with van der Waals surface area (Å²) in [6.45, 7) is 1.65. The van der Waals surface area contributed by atoms with Gasteiger partial charge in [-0.05, 0) is 48.4 Å². The number of likely N-dealkylation sites (tertiary alicyclic amines) is 1. The fraction of sp³-hybridized carbons (Fsp3) is 0.300. The minimum atomic E-state index is -0.852. The summed E-state index contributed by atoms with van der Waals surface area (Å²) in [7, 11) is 4.26. The van der Waals surface area contributed by atoms with E-state index in [-0.39, 0.29) is 24.7 Å². The summed E-state index contributed by atoms with van der Waals surface area (Å²) in [6.07, 6.45) is -0.647. The molecular formula is C30H30FNO6. The van der Waals surface area contributed by atoms with Gasteiger partial charge in [-0.25, -0.2) is 9.18 Å². The maximum absolute atomic E-state index is 14.8. The summed E-state index contributed by atoms with van der Waals surface area (Å²) in [5.41, 5.74) is 1.65. The van der Waals surface area contributed by atoms with Gasteiger partial charge in [0.05, 0.1) is 21.3 Å². The Bertz CT molecular complexity index is 1290. The number of carbonyl (C=O) groups excluding carboxylic acids is 3. The Hall–Kier alpha value is -4.20. The number of hydrogen-bond donors (Lipinski definition) is 0. The minimum absolute atomic E-state index is 0.00519. The SMILES string of the molecule is COC(=O)N1C[C@H](C(=O)c2cccc(OC)c2)[C@@H](c2cccc(F)c2C)[C@H](C(=O)c2cccc(OC)c2)C1. The van der Waals surface area contributed by atoms with Gasteiger partial charge >= 0.3 is 6.09 Å². The van der Waals surface area contributed by atoms with Crippen molar-refractivity contribution in [2.75, 3.05) is 34.4 Å². The van der Waals surface area contributed by atoms with Crippen molar-refractivity contribution in [3.05, 3.63) is 94.8 Å². The highest BCUT2D eigenvalue weighted by Gasteiger charge is 2.47. The van der Waals surface area contributed by atoms with Crippen LogP contribution in [-0.4, -0.2) is 57.0 Å². The van der Waals surface area contributed by atoms with E-state index in [1.54, 1.807) is 67.6 Å². The topological polar surface area (TPSA) is 82.1 Å². The summed E-state index contributed by atoms with van der Waals surface area (Å²) in [6, 6.07) is 18.1. The average Bonchev–Trinajstić information content (AvgIpc) is 2.96. The van der Waals surface area contributed by atoms with Crippen molar-refractivity contribution in [1.29, 1.82) is 0 Å². The first-order valence-corrected chi connectivity index (χ1v) is 12.2. The van der Waals surface area contributed by atoms with E-state index in [1.165, 1.54) is 32.3 Å². The molecule has 1 aliphatic heterocycles. The summed E-state index contributed by atoms with van der Waals surface area (Å²) in [4.78, 5) is 42.2. The first kappa shape index (κ1) is 26.9. The maximum Gasteiger partial charge on any atom is 0.409 e. The third-order valence-electron chi connectivity index (χ3n) is 7.18. The Balaban J connectivity index is 1.89. The number of Topliss-reactive ketones (excluding diaryl/α,β-unsaturated/α-hetero) is 2. The normalized spacial score (nSPS) is 19.0. The second-order valence-electron chi connectivity index (χ2n) is 9.26. The number of ketones is 2. The Kier molecular flexibility index (Phi) is 8.10. The van der Waals surface area contributed by atoms with E-state index in [0.717, 1.165) is 0 Å². The summed E-state index contributed by atoms with van der Waals surface area (Å²) in [5, 5.41) is 0. The van der Waals surface area contributed by atoms with Crippen LogP contribution in [-0.2, 0) is 4.74 Å². The zero-order valence-electron chi connectivity index (χ0n) is 21.8. The van der Waals surface area contributed by atoms with Crippen molar-refractivity contribution in [3.63, 3.8) is 0 Å². The number of amides is 1. The molecule has 0 bridgehead atoms. The molecule has 1 heterocycles. The summed E-state index contributed by atoms with van der Waals surface area (Å²) >= 11 is 0. The van der Waals surface area contributed by atoms with Crippen molar-refractivity contribution in [2.24, 2.45) is 11.8 Å². The molecule has 7 nitrogen and oxygen atoms in total. The molecule has 3 atom stereocenters. The number of halogens is 1. The van der Waals surface area contributed by atoms with E-state index >= 15 is 0 Å². The number of methoxy groups -OCH3 is 3. The second-order valence-corrected chi connectivity index (χ2v) is 9.26. The lowest BCUT2D eigenvalue weighted by atomic mass is 9.68. The highest BCUT2D eigenvalue weighted by molar-refractivity contribution is 6.03. The van der Waals surface area contributed by atoms with Gasteiger partial charge in [0, 0.05) is 42.0 Å². The third kappa shape index (κ3) is 5.25. The van der Waals surface area contributed by atoms with Gasteiger partial charge in [-0.1, -0.05) is 36.4 Å². The van der Waals surface area contributed by atoms with Gasteiger partial charge in [-0.3, -0.25) is 9.59 Å². The van der Waals surface area contributed by atoms with Crippen LogP contribution in [0.5, 0.6) is 11.5 Å². The lowest BCUT2D eigenvalue weighted by Gasteiger charge is -2.42. The Labute approximate surface area is 221 Å². The number of rotatable bonds is 7. The Morgan fingerprint density at radius 1 is 0.789 bits per heavy atom. The van der Waals surface area contributed by atoms with Gasteiger partial charge in [0.1, 0.15) is 17.3 Å². The van der Waals surface area contributed by atoms with Crippen LogP contribution >= 0.6 is 0 Å². The molecule has 1 amide bonds. The van der Waals surface area contributed by atoms with Gasteiger partial charge in [-0.15, -0.1) is 0 Å². The van der Waals surface area contributed by atoms with E-state index < -0.39 is 29.7 Å². The number of carbonyl (C=O) groups is 3. The van der Waals surface area contributed by atoms with E-state index in [9.17, 15) is 18.8 Å². The fourth-order valence-electron chi connectivity index (χ4n) is 5.23. The maximum atomic E-state index is 14.8. The average molecular weight is 520 g/mol. The molecule has 3 aromatic rings. The van der Waals surface area contributed by atoms with Gasteiger partial charge in [0.25, 0.3) is 0 Å². The van der Waals surface area contributed by atoms with Crippen LogP contribution in [0.3, 0.4) is 0 Å². The molecule has 8 heteroatoms. The molecule has 0 spiro atoms. The predicted molar refractivity (Wildman–Crippen MR) is 139 cm³/mol. The van der Waals surface area contributed by atoms with Crippen molar-refractivity contribution in [3.8, 4) is 11.5 Å². The smallest absolute Gasteiger partial charge is 0.409 e. The molecule has 198 valence electrons. The second kappa shape index (κ2) is 11.5. The summed E-state index contributed by atoms with van der Waals surface area (Å²) in [5.74, 6) is -2.41. The molecule has 0 aromatic heterocycles. The lowest BCUT2D eigenvalue weighted by molar-refractivity contribution is 0.0532. The van der Waals surface area contributed by atoms with Crippen LogP contribution in [0.15, 0.2) is 66.7 Å². The van der Waals surface area contributed by atoms with Crippen molar-refractivity contribution in [2.45, 2.75) is 12.8 Å². The van der Waals surface area contributed by atoms with Crippen LogP contribution in [0.25, 0.3) is 0 Å². The van der Waals surface area contributed by atoms with Gasteiger partial charge in [0.15, 0.2) is 11.6 Å². The van der Waals surface area contributed by atoms with Gasteiger partial charge in [-0.2, -0.15) is 0 Å². The molecule has 0 aliphatic carbocycles. The fourth-order valence-corrected chi connectivity index (χ4v) is 5.23. The van der Waals surface area contributed by atoms with Crippen molar-refractivity contribution in [1.82, 2.24) is 4.90 Å². The monoisotopic (exact) mass is 519 g/mol. The van der Waals surface area contributed by atoms with Gasteiger partial charge < -0.3 is 19.1 Å². The first-order valence-electron chi connectivity index (χ1n) is 12.2. The van der Waals surface area contributed by atoms with Crippen LogP contribution in [0.2, 0.25) is 0 Å². The number of nitrogens with zero attached hydrogens (tertiary/aromatic N) is 1. The van der Waals surface area contributed by atoms with Crippen molar-refractivity contribution >= 4 is 17.7 Å². The molecule has 0 saturated carbocycles. The highest BCUT2D eigenvalue weighted by atomic mass is 19.1. The van der Waals surface area contributed by atoms with Crippen LogP contribution in [0.1, 0.15) is 37.8 Å². The molecule has 0 radical (unpaired) electrons. The van der Waals surface area contributed by atoms with Gasteiger partial charge in [0.2, 0.25) is 0 Å². The molecule has 38 heavy (non-hydrogen) atoms.